The van der Waals surface area contributed by atoms with Crippen LogP contribution in [-0.2, 0) is 13.2 Å². The van der Waals surface area contributed by atoms with Gasteiger partial charge >= 0.3 is 0 Å². The van der Waals surface area contributed by atoms with Crippen LogP contribution in [0, 0.1) is 0 Å². The molecule has 0 saturated heterocycles. The third-order valence-electron chi connectivity index (χ3n) is 2.61. The first-order valence-corrected chi connectivity index (χ1v) is 6.40. The lowest BCUT2D eigenvalue weighted by atomic mass is 10.2. The molecule has 0 bridgehead atoms. The van der Waals surface area contributed by atoms with Crippen molar-refractivity contribution in [2.24, 2.45) is 0 Å². The van der Waals surface area contributed by atoms with Crippen molar-refractivity contribution in [3.8, 4) is 5.75 Å². The number of hydrogen-bond donors (Lipinski definition) is 0. The number of hydrogen-bond acceptors (Lipinski definition) is 3. The summed E-state index contributed by atoms with van der Waals surface area (Å²) in [5.41, 5.74) is 1.64. The quantitative estimate of drug-likeness (QED) is 0.797. The SMILES string of the molecule is CCn1cncc1COc1ccc(C=O)cc1Br. The van der Waals surface area contributed by atoms with E-state index in [1.54, 1.807) is 30.7 Å². The minimum Gasteiger partial charge on any atom is -0.486 e. The number of benzene rings is 1. The molecule has 5 heteroatoms. The Kier molecular flexibility index (Phi) is 4.15. The smallest absolute Gasteiger partial charge is 0.150 e. The average Bonchev–Trinajstić information content (AvgIpc) is 2.84. The van der Waals surface area contributed by atoms with Crippen LogP contribution in [0.25, 0.3) is 0 Å². The van der Waals surface area contributed by atoms with E-state index in [-0.39, 0.29) is 0 Å². The van der Waals surface area contributed by atoms with E-state index in [1.807, 2.05) is 4.57 Å². The first kappa shape index (κ1) is 12.8. The lowest BCUT2D eigenvalue weighted by Crippen LogP contribution is -2.04. The van der Waals surface area contributed by atoms with Gasteiger partial charge < -0.3 is 9.30 Å². The molecule has 0 radical (unpaired) electrons. The Hall–Kier alpha value is -1.62. The van der Waals surface area contributed by atoms with Gasteiger partial charge in [-0.25, -0.2) is 4.98 Å². The number of aryl methyl sites for hydroxylation is 1. The molecular weight excluding hydrogens is 296 g/mol. The van der Waals surface area contributed by atoms with Crippen LogP contribution in [0.2, 0.25) is 0 Å². The number of rotatable bonds is 5. The fourth-order valence-electron chi connectivity index (χ4n) is 1.61. The summed E-state index contributed by atoms with van der Waals surface area (Å²) in [5.74, 6) is 0.712. The monoisotopic (exact) mass is 308 g/mol. The van der Waals surface area contributed by atoms with Crippen LogP contribution in [0.15, 0.2) is 35.2 Å². The Morgan fingerprint density at radius 3 is 3.00 bits per heavy atom. The van der Waals surface area contributed by atoms with Crippen LogP contribution in [0.5, 0.6) is 5.75 Å². The van der Waals surface area contributed by atoms with E-state index in [0.29, 0.717) is 17.9 Å². The molecule has 0 aliphatic heterocycles. The highest BCUT2D eigenvalue weighted by atomic mass is 79.9. The van der Waals surface area contributed by atoms with Crippen molar-refractivity contribution in [2.75, 3.05) is 0 Å². The van der Waals surface area contributed by atoms with Gasteiger partial charge in [-0.15, -0.1) is 0 Å². The van der Waals surface area contributed by atoms with Gasteiger partial charge in [0, 0.05) is 12.1 Å². The molecule has 0 saturated carbocycles. The van der Waals surface area contributed by atoms with Crippen molar-refractivity contribution in [2.45, 2.75) is 20.1 Å². The van der Waals surface area contributed by atoms with Gasteiger partial charge in [0.05, 0.1) is 22.7 Å². The van der Waals surface area contributed by atoms with Crippen LogP contribution in [0.4, 0.5) is 0 Å². The Morgan fingerprint density at radius 1 is 1.50 bits per heavy atom. The number of nitrogens with zero attached hydrogens (tertiary/aromatic N) is 2. The number of ether oxygens (including phenoxy) is 1. The van der Waals surface area contributed by atoms with Crippen molar-refractivity contribution in [3.63, 3.8) is 0 Å². The molecule has 1 aromatic heterocycles. The van der Waals surface area contributed by atoms with Crippen LogP contribution >= 0.6 is 15.9 Å². The van der Waals surface area contributed by atoms with Crippen molar-refractivity contribution < 1.29 is 9.53 Å². The number of halogens is 1. The Labute approximate surface area is 114 Å². The zero-order chi connectivity index (χ0) is 13.0. The largest absolute Gasteiger partial charge is 0.486 e. The zero-order valence-corrected chi connectivity index (χ0v) is 11.6. The third kappa shape index (κ3) is 2.79. The molecule has 0 fully saturated rings. The van der Waals surface area contributed by atoms with Gasteiger partial charge in [0.25, 0.3) is 0 Å². The second-order valence-corrected chi connectivity index (χ2v) is 4.62. The molecule has 0 aliphatic rings. The minimum absolute atomic E-state index is 0.451. The van der Waals surface area contributed by atoms with Gasteiger partial charge in [-0.1, -0.05) is 0 Å². The summed E-state index contributed by atoms with van der Waals surface area (Å²) < 4.78 is 8.49. The van der Waals surface area contributed by atoms with E-state index in [9.17, 15) is 4.79 Å². The predicted molar refractivity (Wildman–Crippen MR) is 71.8 cm³/mol. The van der Waals surface area contributed by atoms with E-state index >= 15 is 0 Å². The summed E-state index contributed by atoms with van der Waals surface area (Å²) in [6.45, 7) is 3.37. The van der Waals surface area contributed by atoms with Crippen molar-refractivity contribution in [1.29, 1.82) is 0 Å². The molecule has 0 unspecified atom stereocenters. The standard InChI is InChI=1S/C13H13BrN2O2/c1-2-16-9-15-6-11(16)8-18-13-4-3-10(7-17)5-12(13)14/h3-7,9H,2,8H2,1H3. The molecule has 0 N–H and O–H groups in total. The van der Waals surface area contributed by atoms with Crippen LogP contribution < -0.4 is 4.74 Å². The molecule has 94 valence electrons. The van der Waals surface area contributed by atoms with Crippen molar-refractivity contribution >= 4 is 22.2 Å². The van der Waals surface area contributed by atoms with Gasteiger partial charge in [0.2, 0.25) is 0 Å². The molecule has 0 aliphatic carbocycles. The number of carbonyl (C=O) groups is 1. The van der Waals surface area contributed by atoms with Gasteiger partial charge in [-0.3, -0.25) is 4.79 Å². The zero-order valence-electron chi connectivity index (χ0n) is 9.97. The van der Waals surface area contributed by atoms with E-state index < -0.39 is 0 Å². The highest BCUT2D eigenvalue weighted by Gasteiger charge is 2.05. The van der Waals surface area contributed by atoms with E-state index in [4.69, 9.17) is 4.74 Å². The fourth-order valence-corrected chi connectivity index (χ4v) is 2.12. The molecule has 0 atom stereocenters. The predicted octanol–water partition coefficient (Wildman–Crippen LogP) is 3.06. The maximum Gasteiger partial charge on any atom is 0.150 e. The fraction of sp³-hybridized carbons (Fsp3) is 0.231. The normalized spacial score (nSPS) is 10.3. The number of aldehydes is 1. The Bertz CT molecular complexity index is 552. The third-order valence-corrected chi connectivity index (χ3v) is 3.23. The Balaban J connectivity index is 2.08. The molecule has 1 aromatic carbocycles. The topological polar surface area (TPSA) is 44.1 Å². The summed E-state index contributed by atoms with van der Waals surface area (Å²) >= 11 is 3.38. The molecule has 2 aromatic rings. The molecule has 1 heterocycles. The van der Waals surface area contributed by atoms with E-state index in [2.05, 4.69) is 27.8 Å². The van der Waals surface area contributed by atoms with Crippen LogP contribution in [0.3, 0.4) is 0 Å². The molecule has 0 amide bonds. The van der Waals surface area contributed by atoms with Crippen molar-refractivity contribution in [3.05, 3.63) is 46.5 Å². The maximum absolute atomic E-state index is 10.6. The molecule has 18 heavy (non-hydrogen) atoms. The molecule has 4 nitrogen and oxygen atoms in total. The van der Waals surface area contributed by atoms with E-state index in [0.717, 1.165) is 23.0 Å². The number of carbonyl (C=O) groups excluding carboxylic acids is 1. The summed E-state index contributed by atoms with van der Waals surface area (Å²) in [6.07, 6.45) is 4.38. The van der Waals surface area contributed by atoms with Crippen LogP contribution in [0.1, 0.15) is 23.0 Å². The summed E-state index contributed by atoms with van der Waals surface area (Å²) in [4.78, 5) is 14.7. The van der Waals surface area contributed by atoms with E-state index in [1.165, 1.54) is 0 Å². The summed E-state index contributed by atoms with van der Waals surface area (Å²) in [6, 6.07) is 5.24. The highest BCUT2D eigenvalue weighted by Crippen LogP contribution is 2.26. The summed E-state index contributed by atoms with van der Waals surface area (Å²) in [5, 5.41) is 0. The van der Waals surface area contributed by atoms with Gasteiger partial charge in [0.15, 0.2) is 0 Å². The molecular formula is C13H13BrN2O2. The average molecular weight is 309 g/mol. The first-order chi connectivity index (χ1) is 8.74. The van der Waals surface area contributed by atoms with Gasteiger partial charge in [0.1, 0.15) is 18.6 Å². The molecule has 2 rings (SSSR count). The maximum atomic E-state index is 10.6. The van der Waals surface area contributed by atoms with Gasteiger partial charge in [-0.2, -0.15) is 0 Å². The van der Waals surface area contributed by atoms with Crippen molar-refractivity contribution in [1.82, 2.24) is 9.55 Å². The van der Waals surface area contributed by atoms with Crippen LogP contribution in [-0.4, -0.2) is 15.8 Å². The van der Waals surface area contributed by atoms with Gasteiger partial charge in [-0.05, 0) is 41.1 Å². The Morgan fingerprint density at radius 2 is 2.33 bits per heavy atom. The lowest BCUT2D eigenvalue weighted by Gasteiger charge is -2.09. The number of aromatic nitrogens is 2. The second kappa shape index (κ2) is 5.82. The highest BCUT2D eigenvalue weighted by molar-refractivity contribution is 9.10. The first-order valence-electron chi connectivity index (χ1n) is 5.61. The number of imidazole rings is 1. The second-order valence-electron chi connectivity index (χ2n) is 3.77. The summed E-state index contributed by atoms with van der Waals surface area (Å²) in [7, 11) is 0. The minimum atomic E-state index is 0.451. The molecule has 0 spiro atoms. The lowest BCUT2D eigenvalue weighted by molar-refractivity contribution is 0.112.